The first kappa shape index (κ1) is 14.3. The summed E-state index contributed by atoms with van der Waals surface area (Å²) in [5, 5.41) is 20.1. The summed E-state index contributed by atoms with van der Waals surface area (Å²) in [6.45, 7) is 5.60. The standard InChI is InChI=1S/C15H24N2O2/c1-3-5-15(11-18)6-8-17(10-13(15)19)14-9-12(2)4-7-16-14/h4,7,9,13,18-19H,3,5-6,8,10-11H2,1-2H3/t13-,15-/m1/s1. The van der Waals surface area contributed by atoms with Gasteiger partial charge in [-0.2, -0.15) is 0 Å². The van der Waals surface area contributed by atoms with Gasteiger partial charge in [-0.05, 0) is 37.5 Å². The Balaban J connectivity index is 2.11. The summed E-state index contributed by atoms with van der Waals surface area (Å²) in [6, 6.07) is 4.01. The molecule has 0 radical (unpaired) electrons. The number of hydrogen-bond donors (Lipinski definition) is 2. The van der Waals surface area contributed by atoms with E-state index in [0.29, 0.717) is 6.54 Å². The van der Waals surface area contributed by atoms with E-state index in [1.165, 1.54) is 5.56 Å². The Labute approximate surface area is 115 Å². The lowest BCUT2D eigenvalue weighted by molar-refractivity contribution is -0.0372. The predicted octanol–water partition coefficient (Wildman–Crippen LogP) is 1.74. The maximum Gasteiger partial charge on any atom is 0.128 e. The Morgan fingerprint density at radius 2 is 2.32 bits per heavy atom. The van der Waals surface area contributed by atoms with Crippen molar-refractivity contribution in [3.8, 4) is 0 Å². The number of hydrogen-bond acceptors (Lipinski definition) is 4. The molecule has 4 heteroatoms. The van der Waals surface area contributed by atoms with Crippen LogP contribution in [0.2, 0.25) is 0 Å². The maximum atomic E-state index is 10.4. The van der Waals surface area contributed by atoms with Crippen LogP contribution < -0.4 is 4.90 Å². The topological polar surface area (TPSA) is 56.6 Å². The molecule has 0 aromatic carbocycles. The van der Waals surface area contributed by atoms with Gasteiger partial charge in [0.25, 0.3) is 0 Å². The zero-order valence-electron chi connectivity index (χ0n) is 11.8. The van der Waals surface area contributed by atoms with Gasteiger partial charge in [0, 0.05) is 24.7 Å². The van der Waals surface area contributed by atoms with Gasteiger partial charge in [-0.25, -0.2) is 4.98 Å². The minimum atomic E-state index is -0.492. The summed E-state index contributed by atoms with van der Waals surface area (Å²) in [4.78, 5) is 6.48. The molecule has 1 aromatic rings. The highest BCUT2D eigenvalue weighted by molar-refractivity contribution is 5.41. The summed E-state index contributed by atoms with van der Waals surface area (Å²) < 4.78 is 0. The fourth-order valence-corrected chi connectivity index (χ4v) is 2.97. The summed E-state index contributed by atoms with van der Waals surface area (Å²) in [6.07, 6.45) is 3.99. The third-order valence-corrected chi connectivity index (χ3v) is 4.27. The summed E-state index contributed by atoms with van der Waals surface area (Å²) in [5.74, 6) is 0.919. The number of aromatic nitrogens is 1. The number of anilines is 1. The van der Waals surface area contributed by atoms with Crippen LogP contribution >= 0.6 is 0 Å². The Morgan fingerprint density at radius 3 is 2.89 bits per heavy atom. The number of aliphatic hydroxyl groups excluding tert-OH is 2. The lowest BCUT2D eigenvalue weighted by atomic mass is 9.73. The maximum absolute atomic E-state index is 10.4. The highest BCUT2D eigenvalue weighted by Crippen LogP contribution is 2.37. The van der Waals surface area contributed by atoms with E-state index in [9.17, 15) is 10.2 Å². The SMILES string of the molecule is CCC[C@]1(CO)CCN(c2cc(C)ccn2)C[C@H]1O. The third-order valence-electron chi connectivity index (χ3n) is 4.27. The lowest BCUT2D eigenvalue weighted by Crippen LogP contribution is -2.53. The first-order valence-corrected chi connectivity index (χ1v) is 7.08. The van der Waals surface area contributed by atoms with Crippen molar-refractivity contribution in [2.24, 2.45) is 5.41 Å². The van der Waals surface area contributed by atoms with E-state index in [0.717, 1.165) is 31.6 Å². The number of β-amino-alcohol motifs (C(OH)–C–C–N with tert-alkyl or cyclic N) is 1. The fourth-order valence-electron chi connectivity index (χ4n) is 2.97. The van der Waals surface area contributed by atoms with Crippen molar-refractivity contribution in [3.05, 3.63) is 23.9 Å². The zero-order chi connectivity index (χ0) is 13.9. The number of piperidine rings is 1. The smallest absolute Gasteiger partial charge is 0.128 e. The van der Waals surface area contributed by atoms with E-state index in [1.807, 2.05) is 19.1 Å². The molecule has 4 nitrogen and oxygen atoms in total. The molecule has 0 saturated carbocycles. The van der Waals surface area contributed by atoms with Gasteiger partial charge < -0.3 is 15.1 Å². The molecule has 0 spiro atoms. The van der Waals surface area contributed by atoms with Gasteiger partial charge in [0.15, 0.2) is 0 Å². The van der Waals surface area contributed by atoms with Crippen LogP contribution in [-0.4, -0.2) is 41.0 Å². The molecule has 0 unspecified atom stereocenters. The molecule has 19 heavy (non-hydrogen) atoms. The summed E-state index contributed by atoms with van der Waals surface area (Å²) in [7, 11) is 0. The number of pyridine rings is 1. The molecule has 0 aliphatic carbocycles. The largest absolute Gasteiger partial charge is 0.396 e. The highest BCUT2D eigenvalue weighted by atomic mass is 16.3. The third kappa shape index (κ3) is 2.90. The molecule has 106 valence electrons. The Morgan fingerprint density at radius 1 is 1.53 bits per heavy atom. The van der Waals surface area contributed by atoms with Crippen LogP contribution in [0.25, 0.3) is 0 Å². The molecular formula is C15H24N2O2. The van der Waals surface area contributed by atoms with Gasteiger partial charge in [0.1, 0.15) is 5.82 Å². The molecule has 1 aliphatic heterocycles. The lowest BCUT2D eigenvalue weighted by Gasteiger charge is -2.45. The monoisotopic (exact) mass is 264 g/mol. The number of rotatable bonds is 4. The molecule has 1 saturated heterocycles. The average molecular weight is 264 g/mol. The molecule has 0 amide bonds. The average Bonchev–Trinajstić information content (AvgIpc) is 2.41. The minimum Gasteiger partial charge on any atom is -0.396 e. The summed E-state index contributed by atoms with van der Waals surface area (Å²) in [5.41, 5.74) is 0.849. The van der Waals surface area contributed by atoms with E-state index in [1.54, 1.807) is 6.20 Å². The summed E-state index contributed by atoms with van der Waals surface area (Å²) >= 11 is 0. The van der Waals surface area contributed by atoms with E-state index in [4.69, 9.17) is 0 Å². The molecule has 1 aromatic heterocycles. The molecule has 2 atom stereocenters. The van der Waals surface area contributed by atoms with Crippen LogP contribution in [-0.2, 0) is 0 Å². The van der Waals surface area contributed by atoms with Gasteiger partial charge in [-0.1, -0.05) is 13.3 Å². The van der Waals surface area contributed by atoms with E-state index in [-0.39, 0.29) is 12.0 Å². The van der Waals surface area contributed by atoms with Crippen LogP contribution in [0, 0.1) is 12.3 Å². The van der Waals surface area contributed by atoms with Gasteiger partial charge in [0.05, 0.1) is 12.7 Å². The minimum absolute atomic E-state index is 0.0666. The van der Waals surface area contributed by atoms with Crippen LogP contribution in [0.15, 0.2) is 18.3 Å². The molecule has 1 aliphatic rings. The normalized spacial score (nSPS) is 27.6. The van der Waals surface area contributed by atoms with Crippen LogP contribution in [0.3, 0.4) is 0 Å². The molecular weight excluding hydrogens is 240 g/mol. The predicted molar refractivity (Wildman–Crippen MR) is 76.2 cm³/mol. The number of aryl methyl sites for hydroxylation is 1. The van der Waals surface area contributed by atoms with Crippen molar-refractivity contribution in [3.63, 3.8) is 0 Å². The second-order valence-electron chi connectivity index (χ2n) is 5.67. The number of nitrogens with zero attached hydrogens (tertiary/aromatic N) is 2. The first-order valence-electron chi connectivity index (χ1n) is 7.08. The van der Waals surface area contributed by atoms with E-state index in [2.05, 4.69) is 16.8 Å². The second kappa shape index (κ2) is 5.88. The Hall–Kier alpha value is -1.13. The van der Waals surface area contributed by atoms with Gasteiger partial charge in [-0.15, -0.1) is 0 Å². The Bertz CT molecular complexity index is 424. The zero-order valence-corrected chi connectivity index (χ0v) is 11.8. The van der Waals surface area contributed by atoms with Crippen molar-refractivity contribution < 1.29 is 10.2 Å². The van der Waals surface area contributed by atoms with Crippen LogP contribution in [0.4, 0.5) is 5.82 Å². The molecule has 2 rings (SSSR count). The van der Waals surface area contributed by atoms with Crippen molar-refractivity contribution in [2.45, 2.75) is 39.2 Å². The van der Waals surface area contributed by atoms with Crippen molar-refractivity contribution >= 4 is 5.82 Å². The number of aliphatic hydroxyl groups is 2. The molecule has 2 N–H and O–H groups in total. The van der Waals surface area contributed by atoms with Gasteiger partial charge in [0.2, 0.25) is 0 Å². The van der Waals surface area contributed by atoms with Crippen LogP contribution in [0.5, 0.6) is 0 Å². The van der Waals surface area contributed by atoms with Crippen LogP contribution in [0.1, 0.15) is 31.7 Å². The Kier molecular flexibility index (Phi) is 4.42. The molecule has 2 heterocycles. The quantitative estimate of drug-likeness (QED) is 0.869. The second-order valence-corrected chi connectivity index (χ2v) is 5.67. The van der Waals surface area contributed by atoms with Gasteiger partial charge >= 0.3 is 0 Å². The first-order chi connectivity index (χ1) is 9.11. The van der Waals surface area contributed by atoms with E-state index < -0.39 is 6.10 Å². The molecule has 1 fully saturated rings. The highest BCUT2D eigenvalue weighted by Gasteiger charge is 2.41. The van der Waals surface area contributed by atoms with Crippen molar-refractivity contribution in [2.75, 3.05) is 24.6 Å². The van der Waals surface area contributed by atoms with Crippen molar-refractivity contribution in [1.29, 1.82) is 0 Å². The molecule has 0 bridgehead atoms. The van der Waals surface area contributed by atoms with E-state index >= 15 is 0 Å². The van der Waals surface area contributed by atoms with Gasteiger partial charge in [-0.3, -0.25) is 0 Å². The fraction of sp³-hybridized carbons (Fsp3) is 0.667. The van der Waals surface area contributed by atoms with Crippen molar-refractivity contribution in [1.82, 2.24) is 4.98 Å².